The highest BCUT2D eigenvalue weighted by Gasteiger charge is 2.29. The van der Waals surface area contributed by atoms with Gasteiger partial charge in [0.2, 0.25) is 5.88 Å². The maximum absolute atomic E-state index is 13.1. The van der Waals surface area contributed by atoms with Crippen molar-refractivity contribution in [3.8, 4) is 5.88 Å². The number of aryl methyl sites for hydroxylation is 1. The van der Waals surface area contributed by atoms with Crippen molar-refractivity contribution in [3.63, 3.8) is 0 Å². The standard InChI is InChI=1S/C24H30N8O4/c1-14(22(33)28-16-8-9-17(11-16)35-5)21-30-19(12-20(25-3)32(21)26-4)29-18-7-6-10-31(23(18)34)24-15(2)27-13-36-24/h6-7,10,12-13,16-17,29-30H,4,8-9,11H2,1-3,5H3,(H,28,33)/b21-14+,25-20?/t16?,17-/m1/s1. The SMILES string of the molecule is C=NN1C(=NC)C=C(Nc2cccn(-c3ocnc3C)c2=O)N/C1=C(/C)C(=O)NC1CC[C@@H](OC)C1. The maximum Gasteiger partial charge on any atom is 0.281 e. The fourth-order valence-corrected chi connectivity index (χ4v) is 4.25. The average molecular weight is 495 g/mol. The van der Waals surface area contributed by atoms with E-state index in [4.69, 9.17) is 9.15 Å². The second kappa shape index (κ2) is 10.6. The van der Waals surface area contributed by atoms with Crippen LogP contribution in [0.3, 0.4) is 0 Å². The van der Waals surface area contributed by atoms with Gasteiger partial charge in [0, 0.05) is 39.2 Å². The number of anilines is 1. The molecule has 12 nitrogen and oxygen atoms in total. The number of nitrogens with one attached hydrogen (secondary N) is 3. The van der Waals surface area contributed by atoms with Crippen LogP contribution in [-0.4, -0.2) is 59.3 Å². The first-order chi connectivity index (χ1) is 17.4. The molecule has 0 saturated heterocycles. The number of pyridine rings is 1. The van der Waals surface area contributed by atoms with Gasteiger partial charge < -0.3 is 25.1 Å². The number of ether oxygens (including phenoxy) is 1. The van der Waals surface area contributed by atoms with Gasteiger partial charge in [0.1, 0.15) is 23.0 Å². The summed E-state index contributed by atoms with van der Waals surface area (Å²) in [5, 5.41) is 14.8. The first kappa shape index (κ1) is 24.9. The lowest BCUT2D eigenvalue weighted by atomic mass is 10.2. The molecule has 0 spiro atoms. The zero-order valence-electron chi connectivity index (χ0n) is 20.7. The predicted octanol–water partition coefficient (Wildman–Crippen LogP) is 1.85. The first-order valence-corrected chi connectivity index (χ1v) is 11.5. The molecule has 1 saturated carbocycles. The molecule has 1 amide bonds. The Morgan fingerprint density at radius 1 is 1.39 bits per heavy atom. The first-order valence-electron chi connectivity index (χ1n) is 11.5. The molecule has 4 rings (SSSR count). The van der Waals surface area contributed by atoms with Crippen molar-refractivity contribution >= 4 is 24.1 Å². The molecule has 190 valence electrons. The molecule has 3 N–H and O–H groups in total. The van der Waals surface area contributed by atoms with Crippen molar-refractivity contribution in [3.05, 3.63) is 64.1 Å². The number of aromatic nitrogens is 2. The Kier molecular flexibility index (Phi) is 7.34. The average Bonchev–Trinajstić information content (AvgIpc) is 3.52. The number of amides is 1. The van der Waals surface area contributed by atoms with Gasteiger partial charge >= 0.3 is 0 Å². The topological polar surface area (TPSA) is 138 Å². The van der Waals surface area contributed by atoms with Gasteiger partial charge in [-0.05, 0) is 45.2 Å². The Hall–Kier alpha value is -4.19. The number of nitrogens with zero attached hydrogens (tertiary/aromatic N) is 5. The number of carbonyl (C=O) groups excluding carboxylic acids is 1. The molecule has 36 heavy (non-hydrogen) atoms. The zero-order chi connectivity index (χ0) is 25.8. The summed E-state index contributed by atoms with van der Waals surface area (Å²) in [5.41, 5.74) is 0.914. The largest absolute Gasteiger partial charge is 0.427 e. The second-order valence-electron chi connectivity index (χ2n) is 8.50. The molecule has 2 atom stereocenters. The molecule has 1 unspecified atom stereocenters. The van der Waals surface area contributed by atoms with E-state index in [2.05, 4.69) is 37.7 Å². The van der Waals surface area contributed by atoms with E-state index in [-0.39, 0.29) is 29.3 Å². The zero-order valence-corrected chi connectivity index (χ0v) is 20.7. The smallest absolute Gasteiger partial charge is 0.281 e. The highest BCUT2D eigenvalue weighted by Crippen LogP contribution is 2.23. The number of hydrogen-bond donors (Lipinski definition) is 3. The minimum absolute atomic E-state index is 0.0292. The summed E-state index contributed by atoms with van der Waals surface area (Å²) in [6, 6.07) is 3.39. The molecule has 0 aromatic carbocycles. The number of carbonyl (C=O) groups is 1. The van der Waals surface area contributed by atoms with Gasteiger partial charge in [0.25, 0.3) is 11.5 Å². The van der Waals surface area contributed by atoms with Gasteiger partial charge in [0.15, 0.2) is 12.2 Å². The molecule has 12 heteroatoms. The molecule has 1 aliphatic carbocycles. The van der Waals surface area contributed by atoms with Crippen LogP contribution in [0, 0.1) is 6.92 Å². The van der Waals surface area contributed by atoms with Crippen molar-refractivity contribution in [2.24, 2.45) is 10.1 Å². The molecule has 2 aromatic heterocycles. The van der Waals surface area contributed by atoms with Crippen LogP contribution in [0.25, 0.3) is 5.88 Å². The summed E-state index contributed by atoms with van der Waals surface area (Å²) < 4.78 is 12.1. The van der Waals surface area contributed by atoms with E-state index in [9.17, 15) is 9.59 Å². The Morgan fingerprint density at radius 2 is 2.19 bits per heavy atom. The third-order valence-electron chi connectivity index (χ3n) is 6.23. The molecule has 1 aliphatic heterocycles. The van der Waals surface area contributed by atoms with Crippen LogP contribution < -0.4 is 21.5 Å². The summed E-state index contributed by atoms with van der Waals surface area (Å²) >= 11 is 0. The van der Waals surface area contributed by atoms with Gasteiger partial charge in [-0.3, -0.25) is 19.1 Å². The number of hydrazone groups is 1. The highest BCUT2D eigenvalue weighted by molar-refractivity contribution is 5.99. The van der Waals surface area contributed by atoms with Gasteiger partial charge in [-0.2, -0.15) is 10.1 Å². The van der Waals surface area contributed by atoms with Crippen molar-refractivity contribution in [1.82, 2.24) is 25.2 Å². The Labute approximate surface area is 208 Å². The van der Waals surface area contributed by atoms with Crippen LogP contribution in [0.15, 0.2) is 67.3 Å². The summed E-state index contributed by atoms with van der Waals surface area (Å²) in [7, 11) is 3.29. The van der Waals surface area contributed by atoms with E-state index < -0.39 is 0 Å². The van der Waals surface area contributed by atoms with Crippen LogP contribution in [0.1, 0.15) is 31.9 Å². The molecular formula is C24H30N8O4. The minimum atomic E-state index is -0.340. The number of amidine groups is 1. The Bertz CT molecular complexity index is 1310. The van der Waals surface area contributed by atoms with Crippen LogP contribution in [0.4, 0.5) is 5.69 Å². The molecule has 2 aliphatic rings. The maximum atomic E-state index is 13.1. The van der Waals surface area contributed by atoms with Crippen molar-refractivity contribution in [2.75, 3.05) is 19.5 Å². The number of methoxy groups -OCH3 is 1. The lowest BCUT2D eigenvalue weighted by Gasteiger charge is -2.30. The summed E-state index contributed by atoms with van der Waals surface area (Å²) in [6.07, 6.45) is 7.22. The van der Waals surface area contributed by atoms with Crippen LogP contribution in [-0.2, 0) is 9.53 Å². The van der Waals surface area contributed by atoms with Gasteiger partial charge in [-0.1, -0.05) is 0 Å². The van der Waals surface area contributed by atoms with E-state index in [0.29, 0.717) is 34.6 Å². The minimum Gasteiger partial charge on any atom is -0.427 e. The second-order valence-corrected chi connectivity index (χ2v) is 8.50. The van der Waals surface area contributed by atoms with Crippen molar-refractivity contribution in [1.29, 1.82) is 0 Å². The molecule has 0 bridgehead atoms. The molecule has 3 heterocycles. The van der Waals surface area contributed by atoms with Gasteiger partial charge in [0.05, 0.1) is 11.7 Å². The van der Waals surface area contributed by atoms with E-state index in [0.717, 1.165) is 19.3 Å². The number of aliphatic imine (C=N–C) groups is 1. The summed E-state index contributed by atoms with van der Waals surface area (Å²) in [5.74, 6) is 1.32. The van der Waals surface area contributed by atoms with E-state index in [1.807, 2.05) is 0 Å². The van der Waals surface area contributed by atoms with Crippen molar-refractivity contribution in [2.45, 2.75) is 45.3 Å². The molecule has 0 radical (unpaired) electrons. The number of hydrogen-bond acceptors (Lipinski definition) is 9. The molecule has 1 fully saturated rings. The molecular weight excluding hydrogens is 464 g/mol. The normalized spacial score (nSPS) is 22.2. The quantitative estimate of drug-likeness (QED) is 0.392. The van der Waals surface area contributed by atoms with E-state index in [1.54, 1.807) is 52.4 Å². The third kappa shape index (κ3) is 4.93. The lowest BCUT2D eigenvalue weighted by Crippen LogP contribution is -2.43. The van der Waals surface area contributed by atoms with Crippen LogP contribution >= 0.6 is 0 Å². The Balaban J connectivity index is 1.61. The number of rotatable bonds is 7. The van der Waals surface area contributed by atoms with Crippen molar-refractivity contribution < 1.29 is 13.9 Å². The molecule has 2 aromatic rings. The third-order valence-corrected chi connectivity index (χ3v) is 6.23. The fourth-order valence-electron chi connectivity index (χ4n) is 4.25. The van der Waals surface area contributed by atoms with Gasteiger partial charge in [-0.15, -0.1) is 0 Å². The summed E-state index contributed by atoms with van der Waals surface area (Å²) in [4.78, 5) is 34.5. The lowest BCUT2D eigenvalue weighted by molar-refractivity contribution is -0.118. The van der Waals surface area contributed by atoms with E-state index in [1.165, 1.54) is 16.0 Å². The monoisotopic (exact) mass is 494 g/mol. The predicted molar refractivity (Wildman–Crippen MR) is 136 cm³/mol. The van der Waals surface area contributed by atoms with Crippen LogP contribution in [0.5, 0.6) is 0 Å². The van der Waals surface area contributed by atoms with Gasteiger partial charge in [-0.25, -0.2) is 4.98 Å². The highest BCUT2D eigenvalue weighted by atomic mass is 16.5. The summed E-state index contributed by atoms with van der Waals surface area (Å²) in [6.45, 7) is 7.07. The number of oxazole rings is 1. The van der Waals surface area contributed by atoms with E-state index >= 15 is 0 Å². The Morgan fingerprint density at radius 3 is 2.83 bits per heavy atom. The van der Waals surface area contributed by atoms with Crippen LogP contribution in [0.2, 0.25) is 0 Å². The fraction of sp³-hybridized carbons (Fsp3) is 0.375.